The van der Waals surface area contributed by atoms with Crippen molar-refractivity contribution in [1.29, 1.82) is 0 Å². The number of anilines is 1. The highest BCUT2D eigenvalue weighted by Crippen LogP contribution is 2.10. The summed E-state index contributed by atoms with van der Waals surface area (Å²) in [7, 11) is 0. The van der Waals surface area contributed by atoms with Crippen molar-refractivity contribution in [3.63, 3.8) is 0 Å². The van der Waals surface area contributed by atoms with Gasteiger partial charge in [0, 0.05) is 18.7 Å². The molecule has 84 valence electrons. The first-order valence-corrected chi connectivity index (χ1v) is 5.19. The van der Waals surface area contributed by atoms with Gasteiger partial charge in [-0.05, 0) is 24.6 Å². The zero-order chi connectivity index (χ0) is 11.5. The fourth-order valence-corrected chi connectivity index (χ4v) is 1.70. The van der Waals surface area contributed by atoms with Crippen LogP contribution in [-0.2, 0) is 13.0 Å². The number of nitrogen functional groups attached to an aromatic ring is 1. The summed E-state index contributed by atoms with van der Waals surface area (Å²) >= 11 is 0. The summed E-state index contributed by atoms with van der Waals surface area (Å²) in [6.45, 7) is 2.53. The molecule has 0 saturated heterocycles. The number of benzene rings is 1. The maximum Gasteiger partial charge on any atom is 0.343 e. The average Bonchev–Trinajstić information content (AvgIpc) is 2.59. The van der Waals surface area contributed by atoms with Crippen LogP contribution in [0, 0.1) is 0 Å². The van der Waals surface area contributed by atoms with Gasteiger partial charge in [-0.3, -0.25) is 4.57 Å². The second kappa shape index (κ2) is 4.22. The smallest absolute Gasteiger partial charge is 0.343 e. The molecular formula is C11H14N4O. The SMILES string of the molecule is CCn1c(Cc2cccc(N)c2)n[nH]c1=O. The summed E-state index contributed by atoms with van der Waals surface area (Å²) in [5, 5.41) is 6.45. The van der Waals surface area contributed by atoms with E-state index >= 15 is 0 Å². The fraction of sp³-hybridized carbons (Fsp3) is 0.273. The first-order valence-electron chi connectivity index (χ1n) is 5.19. The summed E-state index contributed by atoms with van der Waals surface area (Å²) in [5.41, 5.74) is 7.30. The monoisotopic (exact) mass is 218 g/mol. The van der Waals surface area contributed by atoms with Crippen molar-refractivity contribution in [3.8, 4) is 0 Å². The number of rotatable bonds is 3. The Bertz CT molecular complexity index is 541. The lowest BCUT2D eigenvalue weighted by Crippen LogP contribution is -2.17. The number of hydrogen-bond acceptors (Lipinski definition) is 3. The van der Waals surface area contributed by atoms with E-state index in [9.17, 15) is 4.79 Å². The number of nitrogens with one attached hydrogen (secondary N) is 1. The van der Waals surface area contributed by atoms with Gasteiger partial charge in [-0.1, -0.05) is 12.1 Å². The first kappa shape index (κ1) is 10.5. The minimum atomic E-state index is -0.165. The first-order chi connectivity index (χ1) is 7.70. The molecule has 1 aromatic carbocycles. The topological polar surface area (TPSA) is 76.7 Å². The van der Waals surface area contributed by atoms with Gasteiger partial charge in [0.05, 0.1) is 0 Å². The zero-order valence-corrected chi connectivity index (χ0v) is 9.10. The Labute approximate surface area is 92.9 Å². The molecule has 0 atom stereocenters. The molecule has 2 rings (SSSR count). The van der Waals surface area contributed by atoms with E-state index in [1.807, 2.05) is 31.2 Å². The van der Waals surface area contributed by atoms with Crippen LogP contribution in [0.15, 0.2) is 29.1 Å². The maximum atomic E-state index is 11.3. The molecule has 0 saturated carbocycles. The number of H-pyrrole nitrogens is 1. The maximum absolute atomic E-state index is 11.3. The Morgan fingerprint density at radius 3 is 3.00 bits per heavy atom. The van der Waals surface area contributed by atoms with Gasteiger partial charge in [0.25, 0.3) is 0 Å². The van der Waals surface area contributed by atoms with Crippen molar-refractivity contribution in [2.24, 2.45) is 0 Å². The van der Waals surface area contributed by atoms with Crippen molar-refractivity contribution in [1.82, 2.24) is 14.8 Å². The molecule has 3 N–H and O–H groups in total. The standard InChI is InChI=1S/C11H14N4O/c1-2-15-10(13-14-11(15)16)7-8-4-3-5-9(12)6-8/h3-6H,2,7,12H2,1H3,(H,14,16). The summed E-state index contributed by atoms with van der Waals surface area (Å²) < 4.78 is 1.61. The quantitative estimate of drug-likeness (QED) is 0.747. The molecule has 0 amide bonds. The minimum absolute atomic E-state index is 0.165. The Morgan fingerprint density at radius 2 is 2.31 bits per heavy atom. The van der Waals surface area contributed by atoms with Gasteiger partial charge in [-0.2, -0.15) is 5.10 Å². The molecule has 2 aromatic rings. The lowest BCUT2D eigenvalue weighted by atomic mass is 10.1. The third kappa shape index (κ3) is 1.98. The number of aromatic amines is 1. The van der Waals surface area contributed by atoms with E-state index in [0.717, 1.165) is 17.1 Å². The Balaban J connectivity index is 2.30. The predicted molar refractivity (Wildman–Crippen MR) is 62.2 cm³/mol. The molecule has 0 aliphatic heterocycles. The summed E-state index contributed by atoms with van der Waals surface area (Å²) in [4.78, 5) is 11.3. The predicted octanol–water partition coefficient (Wildman–Crippen LogP) is 0.764. The number of nitrogens with two attached hydrogens (primary N) is 1. The second-order valence-corrected chi connectivity index (χ2v) is 3.61. The van der Waals surface area contributed by atoms with E-state index in [4.69, 9.17) is 5.73 Å². The minimum Gasteiger partial charge on any atom is -0.399 e. The molecule has 0 aliphatic rings. The molecule has 0 bridgehead atoms. The van der Waals surface area contributed by atoms with Crippen molar-refractivity contribution < 1.29 is 0 Å². The van der Waals surface area contributed by atoms with Gasteiger partial charge in [0.15, 0.2) is 0 Å². The van der Waals surface area contributed by atoms with Gasteiger partial charge in [-0.15, -0.1) is 0 Å². The molecule has 0 aliphatic carbocycles. The van der Waals surface area contributed by atoms with E-state index in [1.54, 1.807) is 4.57 Å². The van der Waals surface area contributed by atoms with Crippen molar-refractivity contribution >= 4 is 5.69 Å². The van der Waals surface area contributed by atoms with Gasteiger partial charge in [0.2, 0.25) is 0 Å². The van der Waals surface area contributed by atoms with E-state index in [1.165, 1.54) is 0 Å². The molecular weight excluding hydrogens is 204 g/mol. The molecule has 5 nitrogen and oxygen atoms in total. The van der Waals surface area contributed by atoms with E-state index in [2.05, 4.69) is 10.2 Å². The third-order valence-electron chi connectivity index (χ3n) is 2.47. The molecule has 16 heavy (non-hydrogen) atoms. The number of hydrogen-bond donors (Lipinski definition) is 2. The summed E-state index contributed by atoms with van der Waals surface area (Å²) in [5.74, 6) is 0.734. The van der Waals surface area contributed by atoms with Crippen LogP contribution in [0.25, 0.3) is 0 Å². The van der Waals surface area contributed by atoms with Crippen LogP contribution in [0.2, 0.25) is 0 Å². The van der Waals surface area contributed by atoms with Crippen LogP contribution in [-0.4, -0.2) is 14.8 Å². The highest BCUT2D eigenvalue weighted by Gasteiger charge is 2.06. The molecule has 5 heteroatoms. The lowest BCUT2D eigenvalue weighted by Gasteiger charge is -2.03. The van der Waals surface area contributed by atoms with Crippen LogP contribution >= 0.6 is 0 Å². The second-order valence-electron chi connectivity index (χ2n) is 3.61. The fourth-order valence-electron chi connectivity index (χ4n) is 1.70. The Kier molecular flexibility index (Phi) is 2.76. The van der Waals surface area contributed by atoms with Crippen LogP contribution in [0.1, 0.15) is 18.3 Å². The molecule has 0 radical (unpaired) electrons. The van der Waals surface area contributed by atoms with E-state index in [0.29, 0.717) is 13.0 Å². The molecule has 0 unspecified atom stereocenters. The van der Waals surface area contributed by atoms with Gasteiger partial charge >= 0.3 is 5.69 Å². The Hall–Kier alpha value is -2.04. The van der Waals surface area contributed by atoms with Crippen LogP contribution in [0.5, 0.6) is 0 Å². The highest BCUT2D eigenvalue weighted by molar-refractivity contribution is 5.41. The highest BCUT2D eigenvalue weighted by atomic mass is 16.1. The number of aromatic nitrogens is 3. The van der Waals surface area contributed by atoms with E-state index in [-0.39, 0.29) is 5.69 Å². The molecule has 1 heterocycles. The molecule has 1 aromatic heterocycles. The Morgan fingerprint density at radius 1 is 1.50 bits per heavy atom. The van der Waals surface area contributed by atoms with Crippen molar-refractivity contribution in [3.05, 3.63) is 46.1 Å². The van der Waals surface area contributed by atoms with E-state index < -0.39 is 0 Å². The zero-order valence-electron chi connectivity index (χ0n) is 9.10. The van der Waals surface area contributed by atoms with Crippen LogP contribution in [0.4, 0.5) is 5.69 Å². The summed E-state index contributed by atoms with van der Waals surface area (Å²) in [6.07, 6.45) is 0.609. The lowest BCUT2D eigenvalue weighted by molar-refractivity contribution is 0.690. The van der Waals surface area contributed by atoms with Crippen LogP contribution < -0.4 is 11.4 Å². The molecule has 0 spiro atoms. The van der Waals surface area contributed by atoms with Crippen molar-refractivity contribution in [2.45, 2.75) is 19.9 Å². The average molecular weight is 218 g/mol. The largest absolute Gasteiger partial charge is 0.399 e. The third-order valence-corrected chi connectivity index (χ3v) is 2.47. The van der Waals surface area contributed by atoms with Crippen molar-refractivity contribution in [2.75, 3.05) is 5.73 Å². The normalized spacial score (nSPS) is 10.6. The van der Waals surface area contributed by atoms with Gasteiger partial charge in [-0.25, -0.2) is 9.89 Å². The van der Waals surface area contributed by atoms with Crippen LogP contribution in [0.3, 0.4) is 0 Å². The van der Waals surface area contributed by atoms with Gasteiger partial charge < -0.3 is 5.73 Å². The molecule has 0 fully saturated rings. The summed E-state index contributed by atoms with van der Waals surface area (Å²) in [6, 6.07) is 7.58. The van der Waals surface area contributed by atoms with Gasteiger partial charge in [0.1, 0.15) is 5.82 Å². The number of nitrogens with zero attached hydrogens (tertiary/aromatic N) is 2.